The average Bonchev–Trinajstić information content (AvgIpc) is 3.30. The first-order valence-corrected chi connectivity index (χ1v) is 13.1. The van der Waals surface area contributed by atoms with Crippen LogP contribution in [-0.2, 0) is 4.79 Å². The van der Waals surface area contributed by atoms with Crippen LogP contribution in [0, 0.1) is 35.0 Å². The first kappa shape index (κ1) is 28.0. The summed E-state index contributed by atoms with van der Waals surface area (Å²) in [6.45, 7) is 0. The Morgan fingerprint density at radius 3 is 1.78 bits per heavy atom. The largest absolute Gasteiger partial charge is 0.338 e. The summed E-state index contributed by atoms with van der Waals surface area (Å²) in [5.41, 5.74) is 1.37. The van der Waals surface area contributed by atoms with E-state index in [1.165, 1.54) is 25.0 Å². The molecule has 0 bridgehead atoms. The normalized spacial score (nSPS) is 14.0. The van der Waals surface area contributed by atoms with Gasteiger partial charge >= 0.3 is 0 Å². The number of rotatable bonds is 6. The van der Waals surface area contributed by atoms with Crippen molar-refractivity contribution >= 4 is 23.2 Å². The SMILES string of the molecule is O=C(Nc1ccc(-c2ncc(-c3ccc(NC(=O)C4CCCCCC4)cc3)[nH]2)cc1)c1c(F)c(F)c(F)c(F)c1F. The van der Waals surface area contributed by atoms with Gasteiger partial charge < -0.3 is 15.6 Å². The molecule has 0 unspecified atom stereocenters. The highest BCUT2D eigenvalue weighted by Crippen LogP contribution is 2.28. The number of nitrogens with one attached hydrogen (secondary N) is 3. The molecule has 0 radical (unpaired) electrons. The van der Waals surface area contributed by atoms with Gasteiger partial charge in [-0.25, -0.2) is 26.9 Å². The molecule has 5 rings (SSSR count). The van der Waals surface area contributed by atoms with Crippen molar-refractivity contribution < 1.29 is 31.5 Å². The number of anilines is 2. The van der Waals surface area contributed by atoms with Crippen molar-refractivity contribution in [2.75, 3.05) is 10.6 Å². The van der Waals surface area contributed by atoms with Gasteiger partial charge in [0.05, 0.1) is 11.9 Å². The second-order valence-electron chi connectivity index (χ2n) is 9.88. The van der Waals surface area contributed by atoms with Crippen molar-refractivity contribution in [1.29, 1.82) is 0 Å². The Morgan fingerprint density at radius 1 is 0.683 bits per heavy atom. The molecule has 1 aliphatic rings. The van der Waals surface area contributed by atoms with Gasteiger partial charge in [-0.1, -0.05) is 37.8 Å². The molecule has 1 saturated carbocycles. The monoisotopic (exact) mass is 568 g/mol. The summed E-state index contributed by atoms with van der Waals surface area (Å²) in [6, 6.07) is 13.3. The van der Waals surface area contributed by atoms with Crippen molar-refractivity contribution in [3.8, 4) is 22.6 Å². The molecule has 11 heteroatoms. The molecule has 41 heavy (non-hydrogen) atoms. The molecule has 1 heterocycles. The number of imidazole rings is 1. The van der Waals surface area contributed by atoms with E-state index >= 15 is 0 Å². The number of aromatic amines is 1. The zero-order valence-electron chi connectivity index (χ0n) is 21.7. The third-order valence-corrected chi connectivity index (χ3v) is 7.12. The van der Waals surface area contributed by atoms with Gasteiger partial charge in [0.2, 0.25) is 11.7 Å². The van der Waals surface area contributed by atoms with E-state index in [2.05, 4.69) is 20.6 Å². The van der Waals surface area contributed by atoms with Gasteiger partial charge in [-0.2, -0.15) is 0 Å². The zero-order chi connectivity index (χ0) is 29.1. The molecule has 0 aliphatic heterocycles. The summed E-state index contributed by atoms with van der Waals surface area (Å²) in [4.78, 5) is 32.4. The van der Waals surface area contributed by atoms with Crippen LogP contribution in [0.15, 0.2) is 54.7 Å². The van der Waals surface area contributed by atoms with Gasteiger partial charge in [0.1, 0.15) is 11.4 Å². The Balaban J connectivity index is 1.24. The molecule has 1 fully saturated rings. The van der Waals surface area contributed by atoms with Crippen LogP contribution in [0.2, 0.25) is 0 Å². The quantitative estimate of drug-likeness (QED) is 0.0969. The number of aromatic nitrogens is 2. The second kappa shape index (κ2) is 11.9. The van der Waals surface area contributed by atoms with E-state index in [1.54, 1.807) is 18.3 Å². The third-order valence-electron chi connectivity index (χ3n) is 7.12. The van der Waals surface area contributed by atoms with Crippen LogP contribution in [0.3, 0.4) is 0 Å². The molecule has 212 valence electrons. The van der Waals surface area contributed by atoms with Gasteiger partial charge in [-0.05, 0) is 54.8 Å². The van der Waals surface area contributed by atoms with Crippen LogP contribution in [0.5, 0.6) is 0 Å². The Kier molecular flexibility index (Phi) is 8.14. The predicted molar refractivity (Wildman–Crippen MR) is 143 cm³/mol. The Labute approximate surface area is 232 Å². The maximum Gasteiger partial charge on any atom is 0.261 e. The minimum Gasteiger partial charge on any atom is -0.338 e. The summed E-state index contributed by atoms with van der Waals surface area (Å²) in [5.74, 6) is -12.1. The second-order valence-corrected chi connectivity index (χ2v) is 9.88. The highest BCUT2D eigenvalue weighted by molar-refractivity contribution is 6.04. The fourth-order valence-electron chi connectivity index (χ4n) is 4.84. The van der Waals surface area contributed by atoms with Crippen LogP contribution in [0.1, 0.15) is 48.9 Å². The maximum atomic E-state index is 13.9. The lowest BCUT2D eigenvalue weighted by Gasteiger charge is -2.14. The lowest BCUT2D eigenvalue weighted by atomic mass is 9.99. The molecule has 6 nitrogen and oxygen atoms in total. The van der Waals surface area contributed by atoms with Gasteiger partial charge in [0, 0.05) is 22.9 Å². The third kappa shape index (κ3) is 5.98. The van der Waals surface area contributed by atoms with Gasteiger partial charge in [0.25, 0.3) is 5.91 Å². The first-order valence-electron chi connectivity index (χ1n) is 13.1. The van der Waals surface area contributed by atoms with Gasteiger partial charge in [-0.3, -0.25) is 9.59 Å². The van der Waals surface area contributed by atoms with Crippen LogP contribution >= 0.6 is 0 Å². The fourth-order valence-corrected chi connectivity index (χ4v) is 4.84. The van der Waals surface area contributed by atoms with E-state index in [-0.39, 0.29) is 17.5 Å². The highest BCUT2D eigenvalue weighted by atomic mass is 19.2. The van der Waals surface area contributed by atoms with Crippen molar-refractivity contribution in [2.45, 2.75) is 38.5 Å². The molecule has 1 aliphatic carbocycles. The zero-order valence-corrected chi connectivity index (χ0v) is 21.7. The number of hydrogen-bond donors (Lipinski definition) is 3. The Hall–Kier alpha value is -4.54. The minimum atomic E-state index is -2.34. The number of halogens is 5. The first-order chi connectivity index (χ1) is 19.7. The number of benzene rings is 3. The summed E-state index contributed by atoms with van der Waals surface area (Å²) < 4.78 is 68.0. The molecule has 1 aromatic heterocycles. The Bertz CT molecular complexity index is 1550. The standard InChI is InChI=1S/C30H25F5N4O2/c31-23-22(24(32)26(34)27(35)25(23)33)30(41)38-20-13-9-17(10-14-20)28-36-15-21(39-28)16-7-11-19(12-8-16)37-29(40)18-5-3-1-2-4-6-18/h7-15,18H,1-6H2,(H,36,39)(H,37,40)(H,38,41). The molecule has 3 N–H and O–H groups in total. The lowest BCUT2D eigenvalue weighted by molar-refractivity contribution is -0.120. The molecule has 2 amide bonds. The van der Waals surface area contributed by atoms with E-state index in [1.807, 2.05) is 24.3 Å². The number of H-pyrrole nitrogens is 1. The molecule has 0 saturated heterocycles. The summed E-state index contributed by atoms with van der Waals surface area (Å²) in [5, 5.41) is 5.13. The van der Waals surface area contributed by atoms with Crippen LogP contribution < -0.4 is 10.6 Å². The number of hydrogen-bond acceptors (Lipinski definition) is 3. The molecular formula is C30H25F5N4O2. The Morgan fingerprint density at radius 2 is 1.20 bits per heavy atom. The summed E-state index contributed by atoms with van der Waals surface area (Å²) in [6.07, 6.45) is 7.97. The van der Waals surface area contributed by atoms with Crippen molar-refractivity contribution in [3.05, 3.63) is 89.4 Å². The predicted octanol–water partition coefficient (Wildman–Crippen LogP) is 7.60. The molecule has 4 aromatic rings. The van der Waals surface area contributed by atoms with Gasteiger partial charge in [0.15, 0.2) is 23.3 Å². The summed E-state index contributed by atoms with van der Waals surface area (Å²) in [7, 11) is 0. The van der Waals surface area contributed by atoms with Crippen molar-refractivity contribution in [2.24, 2.45) is 5.92 Å². The topological polar surface area (TPSA) is 86.9 Å². The summed E-state index contributed by atoms with van der Waals surface area (Å²) >= 11 is 0. The molecule has 0 atom stereocenters. The van der Waals surface area contributed by atoms with Crippen LogP contribution in [0.25, 0.3) is 22.6 Å². The number of carbonyl (C=O) groups excluding carboxylic acids is 2. The molecular weight excluding hydrogens is 543 g/mol. The van der Waals surface area contributed by atoms with Crippen LogP contribution in [-0.4, -0.2) is 21.8 Å². The van der Waals surface area contributed by atoms with Gasteiger partial charge in [-0.15, -0.1) is 0 Å². The van der Waals surface area contributed by atoms with E-state index in [0.29, 0.717) is 22.8 Å². The van der Waals surface area contributed by atoms with Crippen molar-refractivity contribution in [3.63, 3.8) is 0 Å². The highest BCUT2D eigenvalue weighted by Gasteiger charge is 2.29. The van der Waals surface area contributed by atoms with E-state index in [4.69, 9.17) is 0 Å². The van der Waals surface area contributed by atoms with E-state index < -0.39 is 40.6 Å². The lowest BCUT2D eigenvalue weighted by Crippen LogP contribution is -2.22. The molecule has 3 aromatic carbocycles. The van der Waals surface area contributed by atoms with E-state index in [0.717, 1.165) is 31.2 Å². The van der Waals surface area contributed by atoms with E-state index in [9.17, 15) is 31.5 Å². The number of carbonyl (C=O) groups is 2. The van der Waals surface area contributed by atoms with Crippen LogP contribution in [0.4, 0.5) is 33.3 Å². The number of nitrogens with zero attached hydrogens (tertiary/aromatic N) is 1. The minimum absolute atomic E-state index is 0.0447. The van der Waals surface area contributed by atoms with Crippen molar-refractivity contribution in [1.82, 2.24) is 9.97 Å². The average molecular weight is 569 g/mol. The number of amides is 2. The fraction of sp³-hybridized carbons (Fsp3) is 0.233. The smallest absolute Gasteiger partial charge is 0.261 e. The maximum absolute atomic E-state index is 13.9. The molecule has 0 spiro atoms.